The summed E-state index contributed by atoms with van der Waals surface area (Å²) >= 11 is 9.61. The van der Waals surface area contributed by atoms with Gasteiger partial charge in [-0.2, -0.15) is 0 Å². The van der Waals surface area contributed by atoms with Gasteiger partial charge >= 0.3 is 0 Å². The maximum atomic E-state index is 6.07. The van der Waals surface area contributed by atoms with Crippen LogP contribution in [0.25, 0.3) is 0 Å². The van der Waals surface area contributed by atoms with Crippen molar-refractivity contribution in [3.63, 3.8) is 0 Å². The van der Waals surface area contributed by atoms with E-state index in [1.807, 2.05) is 36.4 Å². The first-order valence-corrected chi connectivity index (χ1v) is 7.87. The van der Waals surface area contributed by atoms with E-state index in [1.54, 1.807) is 0 Å². The molecule has 3 rings (SSSR count). The van der Waals surface area contributed by atoms with Gasteiger partial charge in [-0.1, -0.05) is 63.9 Å². The number of halogens is 2. The lowest BCUT2D eigenvalue weighted by Gasteiger charge is -2.27. The van der Waals surface area contributed by atoms with Crippen LogP contribution in [0, 0.1) is 0 Å². The highest BCUT2D eigenvalue weighted by atomic mass is 79.9. The largest absolute Gasteiger partial charge is 0.370 e. The van der Waals surface area contributed by atoms with Crippen LogP contribution in [0.3, 0.4) is 0 Å². The van der Waals surface area contributed by atoms with Gasteiger partial charge in [0.1, 0.15) is 0 Å². The van der Waals surface area contributed by atoms with Crippen molar-refractivity contribution in [2.24, 2.45) is 10.7 Å². The van der Waals surface area contributed by atoms with Gasteiger partial charge in [0.2, 0.25) is 0 Å². The molecule has 0 saturated heterocycles. The molecule has 0 aromatic heterocycles. The summed E-state index contributed by atoms with van der Waals surface area (Å²) in [4.78, 5) is 6.53. The molecule has 0 radical (unpaired) electrons. The summed E-state index contributed by atoms with van der Waals surface area (Å²) in [6, 6.07) is 16.2. The Morgan fingerprint density at radius 3 is 2.71 bits per heavy atom. The number of aliphatic imine (C=N–C) groups is 1. The third kappa shape index (κ3) is 3.06. The van der Waals surface area contributed by atoms with Crippen molar-refractivity contribution in [3.8, 4) is 0 Å². The van der Waals surface area contributed by atoms with Gasteiger partial charge in [0.25, 0.3) is 0 Å². The Balaban J connectivity index is 1.88. The number of benzene rings is 2. The van der Waals surface area contributed by atoms with Crippen LogP contribution in [-0.2, 0) is 6.54 Å². The first-order chi connectivity index (χ1) is 10.1. The van der Waals surface area contributed by atoms with Crippen LogP contribution in [0.5, 0.6) is 0 Å². The van der Waals surface area contributed by atoms with Crippen LogP contribution in [0.1, 0.15) is 17.2 Å². The topological polar surface area (TPSA) is 41.6 Å². The Morgan fingerprint density at radius 2 is 2.00 bits per heavy atom. The summed E-state index contributed by atoms with van der Waals surface area (Å²) in [7, 11) is 0. The molecule has 1 aliphatic heterocycles. The zero-order valence-corrected chi connectivity index (χ0v) is 13.7. The molecule has 1 atom stereocenters. The average Bonchev–Trinajstić information content (AvgIpc) is 2.82. The molecule has 21 heavy (non-hydrogen) atoms. The zero-order valence-electron chi connectivity index (χ0n) is 11.3. The van der Waals surface area contributed by atoms with E-state index < -0.39 is 0 Å². The van der Waals surface area contributed by atoms with E-state index in [2.05, 4.69) is 38.0 Å². The monoisotopic (exact) mass is 363 g/mol. The van der Waals surface area contributed by atoms with Crippen LogP contribution >= 0.6 is 27.5 Å². The lowest BCUT2D eigenvalue weighted by Crippen LogP contribution is -2.35. The number of nitrogens with zero attached hydrogens (tertiary/aromatic N) is 2. The fourth-order valence-corrected chi connectivity index (χ4v) is 3.49. The summed E-state index contributed by atoms with van der Waals surface area (Å²) in [5, 5.41) is 0.715. The summed E-state index contributed by atoms with van der Waals surface area (Å²) < 4.78 is 0.989. The normalized spacial score (nSPS) is 17.9. The van der Waals surface area contributed by atoms with Gasteiger partial charge in [-0.15, -0.1) is 0 Å². The van der Waals surface area contributed by atoms with E-state index in [0.717, 1.165) is 16.6 Å². The second kappa shape index (κ2) is 6.08. The van der Waals surface area contributed by atoms with Gasteiger partial charge in [0.05, 0.1) is 12.6 Å². The van der Waals surface area contributed by atoms with Crippen molar-refractivity contribution in [3.05, 3.63) is 69.2 Å². The molecule has 1 unspecified atom stereocenters. The zero-order chi connectivity index (χ0) is 14.8. The predicted octanol–water partition coefficient (Wildman–Crippen LogP) is 3.97. The lowest BCUT2D eigenvalue weighted by atomic mass is 10.1. The molecule has 1 heterocycles. The minimum Gasteiger partial charge on any atom is -0.370 e. The molecule has 2 aromatic rings. The predicted molar refractivity (Wildman–Crippen MR) is 90.4 cm³/mol. The molecule has 2 N–H and O–H groups in total. The summed E-state index contributed by atoms with van der Waals surface area (Å²) in [6.45, 7) is 1.41. The SMILES string of the molecule is NC1=NCC(c2ccc(Cl)cc2Br)N1Cc1ccccc1. The number of guanidine groups is 1. The molecule has 0 spiro atoms. The van der Waals surface area contributed by atoms with Gasteiger partial charge in [-0.3, -0.25) is 4.99 Å². The Labute approximate surface area is 137 Å². The van der Waals surface area contributed by atoms with E-state index in [1.165, 1.54) is 5.56 Å². The third-order valence-electron chi connectivity index (χ3n) is 3.61. The third-order valence-corrected chi connectivity index (χ3v) is 4.54. The van der Waals surface area contributed by atoms with E-state index in [0.29, 0.717) is 17.5 Å². The highest BCUT2D eigenvalue weighted by Gasteiger charge is 2.28. The first-order valence-electron chi connectivity index (χ1n) is 6.70. The van der Waals surface area contributed by atoms with E-state index in [-0.39, 0.29) is 6.04 Å². The highest BCUT2D eigenvalue weighted by molar-refractivity contribution is 9.10. The van der Waals surface area contributed by atoms with E-state index in [9.17, 15) is 0 Å². The fraction of sp³-hybridized carbons (Fsp3) is 0.188. The number of hydrogen-bond acceptors (Lipinski definition) is 3. The maximum Gasteiger partial charge on any atom is 0.192 e. The second-order valence-corrected chi connectivity index (χ2v) is 6.28. The molecule has 0 fully saturated rings. The molecule has 0 aliphatic carbocycles. The molecule has 3 nitrogen and oxygen atoms in total. The average molecular weight is 365 g/mol. The molecule has 108 valence electrons. The van der Waals surface area contributed by atoms with Crippen molar-refractivity contribution >= 4 is 33.5 Å². The van der Waals surface area contributed by atoms with Crippen molar-refractivity contribution in [2.45, 2.75) is 12.6 Å². The van der Waals surface area contributed by atoms with Crippen LogP contribution in [-0.4, -0.2) is 17.4 Å². The second-order valence-electron chi connectivity index (χ2n) is 4.99. The van der Waals surface area contributed by atoms with Crippen molar-refractivity contribution in [2.75, 3.05) is 6.54 Å². The summed E-state index contributed by atoms with van der Waals surface area (Å²) in [5.74, 6) is 0.589. The molecule has 0 saturated carbocycles. The quantitative estimate of drug-likeness (QED) is 0.895. The first kappa shape index (κ1) is 14.4. The number of rotatable bonds is 3. The Bertz CT molecular complexity index is 672. The van der Waals surface area contributed by atoms with Gasteiger partial charge in [-0.05, 0) is 23.3 Å². The van der Waals surface area contributed by atoms with Gasteiger partial charge in [-0.25, -0.2) is 0 Å². The van der Waals surface area contributed by atoms with Crippen molar-refractivity contribution < 1.29 is 0 Å². The lowest BCUT2D eigenvalue weighted by molar-refractivity contribution is 0.339. The number of hydrogen-bond donors (Lipinski definition) is 1. The molecular formula is C16H15BrClN3. The van der Waals surface area contributed by atoms with Crippen LogP contribution in [0.15, 0.2) is 58.0 Å². The smallest absolute Gasteiger partial charge is 0.192 e. The summed E-state index contributed by atoms with van der Waals surface area (Å²) in [5.41, 5.74) is 8.44. The van der Waals surface area contributed by atoms with Crippen molar-refractivity contribution in [1.82, 2.24) is 4.90 Å². The minimum atomic E-state index is 0.136. The van der Waals surface area contributed by atoms with Crippen LogP contribution in [0.4, 0.5) is 0 Å². The number of nitrogens with two attached hydrogens (primary N) is 1. The fourth-order valence-electron chi connectivity index (χ4n) is 2.54. The van der Waals surface area contributed by atoms with Gasteiger partial charge < -0.3 is 10.6 Å². The van der Waals surface area contributed by atoms with Crippen molar-refractivity contribution in [1.29, 1.82) is 0 Å². The Morgan fingerprint density at radius 1 is 1.24 bits per heavy atom. The standard InChI is InChI=1S/C16H15BrClN3/c17-14-8-12(18)6-7-13(14)15-9-20-16(19)21(15)10-11-4-2-1-3-5-11/h1-8,15H,9-10H2,(H2,19,20). The van der Waals surface area contributed by atoms with Crippen LogP contribution < -0.4 is 5.73 Å². The van der Waals surface area contributed by atoms with E-state index in [4.69, 9.17) is 17.3 Å². The Hall–Kier alpha value is -1.52. The summed E-state index contributed by atoms with van der Waals surface area (Å²) in [6.07, 6.45) is 0. The molecule has 1 aliphatic rings. The molecular weight excluding hydrogens is 350 g/mol. The molecule has 2 aromatic carbocycles. The molecule has 5 heteroatoms. The van der Waals surface area contributed by atoms with Gasteiger partial charge in [0, 0.05) is 16.0 Å². The van der Waals surface area contributed by atoms with E-state index >= 15 is 0 Å². The maximum absolute atomic E-state index is 6.07. The molecule has 0 bridgehead atoms. The highest BCUT2D eigenvalue weighted by Crippen LogP contribution is 2.33. The Kier molecular flexibility index (Phi) is 4.17. The molecule has 0 amide bonds. The minimum absolute atomic E-state index is 0.136. The van der Waals surface area contributed by atoms with Crippen LogP contribution in [0.2, 0.25) is 5.02 Å². The van der Waals surface area contributed by atoms with Gasteiger partial charge in [0.15, 0.2) is 5.96 Å².